The molecule has 0 radical (unpaired) electrons. The second-order valence-electron chi connectivity index (χ2n) is 9.66. The molecule has 1 aromatic rings. The van der Waals surface area contributed by atoms with Crippen LogP contribution in [0.3, 0.4) is 0 Å². The topological polar surface area (TPSA) is 17.8 Å². The summed E-state index contributed by atoms with van der Waals surface area (Å²) >= 11 is 0. The number of imidazole rings is 1. The van der Waals surface area contributed by atoms with E-state index in [-0.39, 0.29) is 0 Å². The van der Waals surface area contributed by atoms with E-state index in [0.29, 0.717) is 11.8 Å². The van der Waals surface area contributed by atoms with Gasteiger partial charge >= 0.3 is 0 Å². The highest BCUT2D eigenvalue weighted by molar-refractivity contribution is 5.11. The predicted molar refractivity (Wildman–Crippen MR) is 130 cm³/mol. The Morgan fingerprint density at radius 1 is 0.690 bits per heavy atom. The average Bonchev–Trinajstić information content (AvgIpc) is 3.14. The lowest BCUT2D eigenvalue weighted by molar-refractivity contribution is 0.499. The number of nitrogens with zero attached hydrogens (tertiary/aromatic N) is 2. The van der Waals surface area contributed by atoms with Crippen LogP contribution in [-0.4, -0.2) is 9.55 Å². The van der Waals surface area contributed by atoms with Crippen LogP contribution < -0.4 is 0 Å². The molecule has 2 heteroatoms. The summed E-state index contributed by atoms with van der Waals surface area (Å²) in [6.45, 7) is 12.7. The Labute approximate surface area is 183 Å². The van der Waals surface area contributed by atoms with E-state index in [1.54, 1.807) is 0 Å². The van der Waals surface area contributed by atoms with Gasteiger partial charge in [-0.3, -0.25) is 0 Å². The van der Waals surface area contributed by atoms with Crippen molar-refractivity contribution >= 4 is 0 Å². The number of unbranched alkanes of at least 4 members (excludes halogenated alkanes) is 13. The molecule has 1 atom stereocenters. The van der Waals surface area contributed by atoms with E-state index in [0.717, 1.165) is 6.54 Å². The van der Waals surface area contributed by atoms with Crippen molar-refractivity contribution < 1.29 is 0 Å². The smallest absolute Gasteiger partial charge is 0.111 e. The quantitative estimate of drug-likeness (QED) is 0.210. The van der Waals surface area contributed by atoms with E-state index in [1.165, 1.54) is 114 Å². The third-order valence-corrected chi connectivity index (χ3v) is 6.35. The van der Waals surface area contributed by atoms with Crippen molar-refractivity contribution in [3.8, 4) is 0 Å². The van der Waals surface area contributed by atoms with Crippen molar-refractivity contribution in [2.75, 3.05) is 0 Å². The van der Waals surface area contributed by atoms with Crippen LogP contribution in [0.2, 0.25) is 0 Å². The van der Waals surface area contributed by atoms with Crippen LogP contribution in [0, 0.1) is 0 Å². The SMILES string of the molecule is CCCCCCCCCCn1cc(C(C)C)nc1C(C)CCCCCCCCC. The molecule has 0 spiro atoms. The number of aryl methyl sites for hydroxylation is 1. The van der Waals surface area contributed by atoms with Crippen molar-refractivity contribution in [1.29, 1.82) is 0 Å². The van der Waals surface area contributed by atoms with E-state index in [9.17, 15) is 0 Å². The first kappa shape index (κ1) is 26.2. The molecule has 0 aliphatic carbocycles. The summed E-state index contributed by atoms with van der Waals surface area (Å²) in [5.41, 5.74) is 1.28. The molecule has 1 unspecified atom stereocenters. The van der Waals surface area contributed by atoms with E-state index < -0.39 is 0 Å². The fraction of sp³-hybridized carbons (Fsp3) is 0.889. The monoisotopic (exact) mass is 404 g/mol. The lowest BCUT2D eigenvalue weighted by atomic mass is 10.0. The van der Waals surface area contributed by atoms with Crippen molar-refractivity contribution in [1.82, 2.24) is 9.55 Å². The van der Waals surface area contributed by atoms with Crippen LogP contribution in [0.1, 0.15) is 161 Å². The van der Waals surface area contributed by atoms with E-state index >= 15 is 0 Å². The molecule has 29 heavy (non-hydrogen) atoms. The molecule has 0 amide bonds. The summed E-state index contributed by atoms with van der Waals surface area (Å²) in [7, 11) is 0. The number of aromatic nitrogens is 2. The van der Waals surface area contributed by atoms with Gasteiger partial charge in [-0.1, -0.05) is 125 Å². The minimum Gasteiger partial charge on any atom is -0.334 e. The molecule has 2 nitrogen and oxygen atoms in total. The minimum absolute atomic E-state index is 0.527. The second kappa shape index (κ2) is 16.9. The Hall–Kier alpha value is -0.790. The van der Waals surface area contributed by atoms with E-state index in [1.807, 2.05) is 0 Å². The fourth-order valence-corrected chi connectivity index (χ4v) is 4.25. The van der Waals surface area contributed by atoms with Gasteiger partial charge in [-0.25, -0.2) is 4.98 Å². The van der Waals surface area contributed by atoms with E-state index in [2.05, 4.69) is 45.4 Å². The Morgan fingerprint density at radius 3 is 1.69 bits per heavy atom. The van der Waals surface area contributed by atoms with Crippen LogP contribution in [-0.2, 0) is 6.54 Å². The van der Waals surface area contributed by atoms with Crippen LogP contribution in [0.15, 0.2) is 6.20 Å². The van der Waals surface area contributed by atoms with Gasteiger partial charge in [-0.2, -0.15) is 0 Å². The standard InChI is InChI=1S/C27H52N2/c1-6-8-10-12-14-16-18-20-22-29-23-26(24(3)4)28-27(29)25(5)21-19-17-15-13-11-9-7-2/h23-25H,6-22H2,1-5H3. The Balaban J connectivity index is 2.37. The van der Waals surface area contributed by atoms with Crippen LogP contribution >= 0.6 is 0 Å². The van der Waals surface area contributed by atoms with Crippen LogP contribution in [0.25, 0.3) is 0 Å². The Bertz CT molecular complexity index is 489. The molecule has 0 aromatic carbocycles. The third kappa shape index (κ3) is 11.8. The molecule has 0 saturated heterocycles. The molecule has 0 saturated carbocycles. The Morgan fingerprint density at radius 2 is 1.17 bits per heavy atom. The summed E-state index contributed by atoms with van der Waals surface area (Å²) in [6.07, 6.45) is 24.5. The first-order valence-electron chi connectivity index (χ1n) is 13.2. The molecule has 0 bridgehead atoms. The average molecular weight is 405 g/mol. The van der Waals surface area contributed by atoms with Gasteiger partial charge in [0.2, 0.25) is 0 Å². The third-order valence-electron chi connectivity index (χ3n) is 6.35. The highest BCUT2D eigenvalue weighted by atomic mass is 15.1. The Kier molecular flexibility index (Phi) is 15.3. The second-order valence-corrected chi connectivity index (χ2v) is 9.66. The molecule has 170 valence electrons. The maximum atomic E-state index is 5.06. The van der Waals surface area contributed by atoms with Crippen molar-refractivity contribution in [3.05, 3.63) is 17.7 Å². The zero-order valence-electron chi connectivity index (χ0n) is 20.6. The maximum Gasteiger partial charge on any atom is 0.111 e. The predicted octanol–water partition coefficient (Wildman–Crippen LogP) is 9.39. The van der Waals surface area contributed by atoms with Gasteiger partial charge in [0.15, 0.2) is 0 Å². The summed E-state index contributed by atoms with van der Waals surface area (Å²) < 4.78 is 2.50. The molecule has 0 aliphatic rings. The van der Waals surface area contributed by atoms with Gasteiger partial charge in [0.1, 0.15) is 5.82 Å². The van der Waals surface area contributed by atoms with E-state index in [4.69, 9.17) is 4.98 Å². The van der Waals surface area contributed by atoms with Crippen molar-refractivity contribution in [2.24, 2.45) is 0 Å². The van der Waals surface area contributed by atoms with Crippen molar-refractivity contribution in [2.45, 2.75) is 156 Å². The fourth-order valence-electron chi connectivity index (χ4n) is 4.25. The number of hydrogen-bond donors (Lipinski definition) is 0. The normalized spacial score (nSPS) is 12.8. The first-order chi connectivity index (χ1) is 14.1. The number of hydrogen-bond acceptors (Lipinski definition) is 1. The van der Waals surface area contributed by atoms with Gasteiger partial charge in [-0.05, 0) is 18.8 Å². The molecule has 0 fully saturated rings. The maximum absolute atomic E-state index is 5.06. The molecule has 1 aromatic heterocycles. The lowest BCUT2D eigenvalue weighted by Crippen LogP contribution is -2.07. The van der Waals surface area contributed by atoms with Gasteiger partial charge in [0, 0.05) is 18.7 Å². The summed E-state index contributed by atoms with van der Waals surface area (Å²) in [5.74, 6) is 2.47. The van der Waals surface area contributed by atoms with Gasteiger partial charge in [0.05, 0.1) is 5.69 Å². The molecule has 0 aliphatic heterocycles. The van der Waals surface area contributed by atoms with Crippen LogP contribution in [0.5, 0.6) is 0 Å². The minimum atomic E-state index is 0.527. The summed E-state index contributed by atoms with van der Waals surface area (Å²) in [5, 5.41) is 0. The lowest BCUT2D eigenvalue weighted by Gasteiger charge is -2.14. The number of rotatable bonds is 19. The summed E-state index contributed by atoms with van der Waals surface area (Å²) in [4.78, 5) is 5.06. The van der Waals surface area contributed by atoms with Gasteiger partial charge in [-0.15, -0.1) is 0 Å². The molecular weight excluding hydrogens is 352 g/mol. The first-order valence-corrected chi connectivity index (χ1v) is 13.2. The van der Waals surface area contributed by atoms with Gasteiger partial charge < -0.3 is 4.57 Å². The largest absolute Gasteiger partial charge is 0.334 e. The molecule has 0 N–H and O–H groups in total. The molecular formula is C27H52N2. The molecule has 1 heterocycles. The highest BCUT2D eigenvalue weighted by Crippen LogP contribution is 2.25. The van der Waals surface area contributed by atoms with Gasteiger partial charge in [0.25, 0.3) is 0 Å². The highest BCUT2D eigenvalue weighted by Gasteiger charge is 2.16. The molecule has 1 rings (SSSR count). The summed E-state index contributed by atoms with van der Waals surface area (Å²) in [6, 6.07) is 0. The van der Waals surface area contributed by atoms with Crippen molar-refractivity contribution in [3.63, 3.8) is 0 Å². The zero-order chi connectivity index (χ0) is 21.3. The van der Waals surface area contributed by atoms with Crippen LogP contribution in [0.4, 0.5) is 0 Å². The zero-order valence-corrected chi connectivity index (χ0v) is 20.6.